The average molecular weight is 379 g/mol. The van der Waals surface area contributed by atoms with Crippen molar-refractivity contribution in [2.24, 2.45) is 0 Å². The first-order valence-corrected chi connectivity index (χ1v) is 7.96. The van der Waals surface area contributed by atoms with Gasteiger partial charge in [0.1, 0.15) is 11.5 Å². The number of carbonyl (C=O) groups is 2. The molecule has 1 N–H and O–H groups in total. The number of benzene rings is 1. The third-order valence-electron chi connectivity index (χ3n) is 3.56. The van der Waals surface area contributed by atoms with Gasteiger partial charge in [-0.15, -0.1) is 0 Å². The van der Waals surface area contributed by atoms with Crippen molar-refractivity contribution in [1.82, 2.24) is 4.90 Å². The lowest BCUT2D eigenvalue weighted by Crippen LogP contribution is -2.23. The SMILES string of the molecule is CC(=O)N(C)Cc1cccc(NC(=O)c2c(C)oc(C)c2Br)c1. The Labute approximate surface area is 143 Å². The molecular formula is C17H19BrN2O3. The fourth-order valence-electron chi connectivity index (χ4n) is 2.24. The quantitative estimate of drug-likeness (QED) is 0.877. The molecule has 1 aromatic heterocycles. The fourth-order valence-corrected chi connectivity index (χ4v) is 2.78. The van der Waals surface area contributed by atoms with E-state index in [-0.39, 0.29) is 11.8 Å². The minimum absolute atomic E-state index is 0.00661. The summed E-state index contributed by atoms with van der Waals surface area (Å²) in [6.07, 6.45) is 0. The fraction of sp³-hybridized carbons (Fsp3) is 0.294. The first kappa shape index (κ1) is 17.3. The van der Waals surface area contributed by atoms with E-state index in [1.165, 1.54) is 6.92 Å². The van der Waals surface area contributed by atoms with Gasteiger partial charge in [0.05, 0.1) is 10.0 Å². The molecule has 0 fully saturated rings. The van der Waals surface area contributed by atoms with E-state index in [1.807, 2.05) is 24.3 Å². The zero-order valence-corrected chi connectivity index (χ0v) is 15.2. The van der Waals surface area contributed by atoms with Gasteiger partial charge >= 0.3 is 0 Å². The zero-order valence-electron chi connectivity index (χ0n) is 13.6. The van der Waals surface area contributed by atoms with Crippen molar-refractivity contribution < 1.29 is 14.0 Å². The minimum atomic E-state index is -0.233. The highest BCUT2D eigenvalue weighted by atomic mass is 79.9. The number of rotatable bonds is 4. The Hall–Kier alpha value is -2.08. The number of nitrogens with zero attached hydrogens (tertiary/aromatic N) is 1. The van der Waals surface area contributed by atoms with E-state index >= 15 is 0 Å². The van der Waals surface area contributed by atoms with E-state index in [9.17, 15) is 9.59 Å². The molecule has 2 aromatic rings. The molecule has 0 aliphatic carbocycles. The molecule has 122 valence electrons. The molecular weight excluding hydrogens is 360 g/mol. The highest BCUT2D eigenvalue weighted by Crippen LogP contribution is 2.28. The predicted molar refractivity (Wildman–Crippen MR) is 92.4 cm³/mol. The lowest BCUT2D eigenvalue weighted by Gasteiger charge is -2.15. The normalized spacial score (nSPS) is 10.5. The Balaban J connectivity index is 2.17. The molecule has 0 saturated carbocycles. The second-order valence-electron chi connectivity index (χ2n) is 5.43. The summed E-state index contributed by atoms with van der Waals surface area (Å²) in [6, 6.07) is 7.43. The smallest absolute Gasteiger partial charge is 0.260 e. The molecule has 23 heavy (non-hydrogen) atoms. The summed E-state index contributed by atoms with van der Waals surface area (Å²) >= 11 is 3.38. The topological polar surface area (TPSA) is 62.6 Å². The number of hydrogen-bond acceptors (Lipinski definition) is 3. The molecule has 0 aliphatic rings. The van der Waals surface area contributed by atoms with Crippen molar-refractivity contribution in [3.63, 3.8) is 0 Å². The molecule has 0 saturated heterocycles. The van der Waals surface area contributed by atoms with Crippen LogP contribution in [0.1, 0.15) is 34.4 Å². The molecule has 0 spiro atoms. The highest BCUT2D eigenvalue weighted by molar-refractivity contribution is 9.10. The van der Waals surface area contributed by atoms with E-state index in [1.54, 1.807) is 25.8 Å². The van der Waals surface area contributed by atoms with Crippen LogP contribution in [-0.2, 0) is 11.3 Å². The van der Waals surface area contributed by atoms with E-state index in [0.29, 0.717) is 33.8 Å². The van der Waals surface area contributed by atoms with Gasteiger partial charge in [0.25, 0.3) is 5.91 Å². The Morgan fingerprint density at radius 3 is 2.52 bits per heavy atom. The van der Waals surface area contributed by atoms with Gasteiger partial charge in [-0.25, -0.2) is 0 Å². The standard InChI is InChI=1S/C17H19BrN2O3/c1-10-15(16(18)11(2)23-10)17(22)19-14-7-5-6-13(8-14)9-20(4)12(3)21/h5-8H,9H2,1-4H3,(H,19,22). The zero-order chi connectivity index (χ0) is 17.1. The monoisotopic (exact) mass is 378 g/mol. The molecule has 5 nitrogen and oxygen atoms in total. The van der Waals surface area contributed by atoms with Gasteiger partial charge in [0.2, 0.25) is 5.91 Å². The second-order valence-corrected chi connectivity index (χ2v) is 6.23. The van der Waals surface area contributed by atoms with Crippen LogP contribution < -0.4 is 5.32 Å². The van der Waals surface area contributed by atoms with E-state index in [2.05, 4.69) is 21.2 Å². The van der Waals surface area contributed by atoms with Crippen LogP contribution in [0.5, 0.6) is 0 Å². The molecule has 0 atom stereocenters. The lowest BCUT2D eigenvalue weighted by molar-refractivity contribution is -0.128. The lowest BCUT2D eigenvalue weighted by atomic mass is 10.1. The van der Waals surface area contributed by atoms with Crippen LogP contribution in [0.25, 0.3) is 0 Å². The molecule has 2 rings (SSSR count). The molecule has 0 unspecified atom stereocenters. The molecule has 0 aliphatic heterocycles. The number of hydrogen-bond donors (Lipinski definition) is 1. The number of anilines is 1. The summed E-state index contributed by atoms with van der Waals surface area (Å²) in [6.45, 7) is 5.57. The molecule has 6 heteroatoms. The van der Waals surface area contributed by atoms with Crippen molar-refractivity contribution in [3.8, 4) is 0 Å². The third kappa shape index (κ3) is 4.01. The number of nitrogens with one attached hydrogen (secondary N) is 1. The Morgan fingerprint density at radius 1 is 1.26 bits per heavy atom. The van der Waals surface area contributed by atoms with Crippen LogP contribution in [0.3, 0.4) is 0 Å². The minimum Gasteiger partial charge on any atom is -0.465 e. The maximum Gasteiger partial charge on any atom is 0.260 e. The van der Waals surface area contributed by atoms with E-state index in [4.69, 9.17) is 4.42 Å². The first-order chi connectivity index (χ1) is 10.8. The van der Waals surface area contributed by atoms with E-state index in [0.717, 1.165) is 5.56 Å². The maximum atomic E-state index is 12.4. The average Bonchev–Trinajstić information content (AvgIpc) is 2.72. The Kier molecular flexibility index (Phi) is 5.26. The van der Waals surface area contributed by atoms with Gasteiger partial charge in [-0.05, 0) is 47.5 Å². The van der Waals surface area contributed by atoms with Gasteiger partial charge in [0.15, 0.2) is 0 Å². The summed E-state index contributed by atoms with van der Waals surface area (Å²) in [5.74, 6) is 1.000. The molecule has 1 aromatic carbocycles. The summed E-state index contributed by atoms with van der Waals surface area (Å²) in [4.78, 5) is 25.4. The Bertz CT molecular complexity index is 752. The van der Waals surface area contributed by atoms with Crippen LogP contribution in [0.15, 0.2) is 33.2 Å². The molecule has 0 radical (unpaired) electrons. The summed E-state index contributed by atoms with van der Waals surface area (Å²) in [5.41, 5.74) is 2.11. The molecule has 0 bridgehead atoms. The van der Waals surface area contributed by atoms with Crippen molar-refractivity contribution in [3.05, 3.63) is 51.4 Å². The van der Waals surface area contributed by atoms with Gasteiger partial charge in [-0.3, -0.25) is 9.59 Å². The van der Waals surface area contributed by atoms with Crippen LogP contribution in [0, 0.1) is 13.8 Å². The number of amides is 2. The maximum absolute atomic E-state index is 12.4. The van der Waals surface area contributed by atoms with Crippen LogP contribution in [0.2, 0.25) is 0 Å². The molecule has 2 amide bonds. The number of furan rings is 1. The van der Waals surface area contributed by atoms with Gasteiger partial charge < -0.3 is 14.6 Å². The van der Waals surface area contributed by atoms with Crippen molar-refractivity contribution in [2.75, 3.05) is 12.4 Å². The number of halogens is 1. The third-order valence-corrected chi connectivity index (χ3v) is 4.51. The van der Waals surface area contributed by atoms with E-state index < -0.39 is 0 Å². The van der Waals surface area contributed by atoms with Crippen molar-refractivity contribution >= 4 is 33.4 Å². The summed E-state index contributed by atoms with van der Waals surface area (Å²) < 4.78 is 6.12. The second kappa shape index (κ2) is 7.00. The van der Waals surface area contributed by atoms with Gasteiger partial charge in [0, 0.05) is 26.2 Å². The number of carbonyl (C=O) groups excluding carboxylic acids is 2. The largest absolute Gasteiger partial charge is 0.465 e. The van der Waals surface area contributed by atoms with Gasteiger partial charge in [-0.1, -0.05) is 12.1 Å². The molecule has 1 heterocycles. The highest BCUT2D eigenvalue weighted by Gasteiger charge is 2.20. The van der Waals surface area contributed by atoms with Gasteiger partial charge in [-0.2, -0.15) is 0 Å². The predicted octanol–water partition coefficient (Wildman–Crippen LogP) is 3.89. The van der Waals surface area contributed by atoms with Crippen LogP contribution in [-0.4, -0.2) is 23.8 Å². The first-order valence-electron chi connectivity index (χ1n) is 7.17. The summed E-state index contributed by atoms with van der Waals surface area (Å²) in [7, 11) is 1.74. The van der Waals surface area contributed by atoms with Crippen LogP contribution >= 0.6 is 15.9 Å². The van der Waals surface area contributed by atoms with Crippen molar-refractivity contribution in [1.29, 1.82) is 0 Å². The number of aryl methyl sites for hydroxylation is 2. The summed E-state index contributed by atoms with van der Waals surface area (Å²) in [5, 5.41) is 2.86. The van der Waals surface area contributed by atoms with Crippen LogP contribution in [0.4, 0.5) is 5.69 Å². The van der Waals surface area contributed by atoms with Crippen molar-refractivity contribution in [2.45, 2.75) is 27.3 Å². The Morgan fingerprint density at radius 2 is 1.96 bits per heavy atom.